The van der Waals surface area contributed by atoms with Crippen molar-refractivity contribution in [1.82, 2.24) is 4.98 Å². The van der Waals surface area contributed by atoms with Crippen LogP contribution in [0.4, 0.5) is 5.82 Å². The number of benzene rings is 1. The van der Waals surface area contributed by atoms with Gasteiger partial charge in [0.1, 0.15) is 10.8 Å². The molecule has 100 valence electrons. The number of hydrogen-bond acceptors (Lipinski definition) is 3. The van der Waals surface area contributed by atoms with Gasteiger partial charge in [0.15, 0.2) is 0 Å². The Kier molecular flexibility index (Phi) is 4.32. The molecule has 2 aromatic rings. The topological polar surface area (TPSA) is 42.1 Å². The molecule has 0 unspecified atom stereocenters. The summed E-state index contributed by atoms with van der Waals surface area (Å²) in [5, 5.41) is 1.02. The number of unbranched alkanes of at least 4 members (excludes halogenated alkanes) is 1. The van der Waals surface area contributed by atoms with Crippen LogP contribution in [0.5, 0.6) is 0 Å². The zero-order chi connectivity index (χ0) is 13.8. The van der Waals surface area contributed by atoms with Crippen molar-refractivity contribution in [2.24, 2.45) is 5.73 Å². The van der Waals surface area contributed by atoms with Crippen molar-refractivity contribution in [3.63, 3.8) is 0 Å². The van der Waals surface area contributed by atoms with Crippen LogP contribution in [0, 0.1) is 0 Å². The highest BCUT2D eigenvalue weighted by Crippen LogP contribution is 2.22. The third-order valence-corrected chi connectivity index (χ3v) is 3.43. The molecule has 0 atom stereocenters. The molecule has 4 heteroatoms. The van der Waals surface area contributed by atoms with Gasteiger partial charge in [0.2, 0.25) is 0 Å². The van der Waals surface area contributed by atoms with E-state index >= 15 is 0 Å². The highest BCUT2D eigenvalue weighted by molar-refractivity contribution is 7.80. The minimum atomic E-state index is 0.420. The van der Waals surface area contributed by atoms with Crippen LogP contribution in [0.25, 0.3) is 10.9 Å². The fourth-order valence-electron chi connectivity index (χ4n) is 2.07. The summed E-state index contributed by atoms with van der Waals surface area (Å²) in [5.41, 5.74) is 7.67. The SMILES string of the molecule is CCCCN(C)c1cc(C(N)=S)c2ccccc2n1. The minimum Gasteiger partial charge on any atom is -0.389 e. The summed E-state index contributed by atoms with van der Waals surface area (Å²) >= 11 is 5.15. The number of anilines is 1. The molecule has 0 fully saturated rings. The average molecular weight is 273 g/mol. The Labute approximate surface area is 119 Å². The largest absolute Gasteiger partial charge is 0.389 e. The van der Waals surface area contributed by atoms with Crippen LogP contribution in [0.2, 0.25) is 0 Å². The van der Waals surface area contributed by atoms with E-state index in [0.717, 1.165) is 35.2 Å². The third-order valence-electron chi connectivity index (χ3n) is 3.21. The van der Waals surface area contributed by atoms with Crippen LogP contribution in [0.1, 0.15) is 25.3 Å². The lowest BCUT2D eigenvalue weighted by Crippen LogP contribution is -2.21. The fraction of sp³-hybridized carbons (Fsp3) is 0.333. The number of aromatic nitrogens is 1. The Hall–Kier alpha value is -1.68. The number of thiocarbonyl (C=S) groups is 1. The lowest BCUT2D eigenvalue weighted by molar-refractivity contribution is 0.760. The van der Waals surface area contributed by atoms with E-state index in [0.29, 0.717) is 4.99 Å². The van der Waals surface area contributed by atoms with Crippen LogP contribution in [0.3, 0.4) is 0 Å². The maximum absolute atomic E-state index is 5.83. The summed E-state index contributed by atoms with van der Waals surface area (Å²) in [5.74, 6) is 0.926. The van der Waals surface area contributed by atoms with Crippen molar-refractivity contribution in [3.8, 4) is 0 Å². The summed E-state index contributed by atoms with van der Waals surface area (Å²) < 4.78 is 0. The molecule has 0 aliphatic rings. The summed E-state index contributed by atoms with van der Waals surface area (Å²) in [4.78, 5) is 7.25. The molecular formula is C15H19N3S. The molecule has 0 amide bonds. The fourth-order valence-corrected chi connectivity index (χ4v) is 2.24. The average Bonchev–Trinajstić information content (AvgIpc) is 2.43. The molecular weight excluding hydrogens is 254 g/mol. The molecule has 1 heterocycles. The molecule has 0 aliphatic carbocycles. The zero-order valence-electron chi connectivity index (χ0n) is 11.4. The highest BCUT2D eigenvalue weighted by Gasteiger charge is 2.10. The van der Waals surface area contributed by atoms with E-state index < -0.39 is 0 Å². The number of pyridine rings is 1. The maximum Gasteiger partial charge on any atom is 0.129 e. The Morgan fingerprint density at radius 2 is 2.11 bits per heavy atom. The number of fused-ring (bicyclic) bond motifs is 1. The highest BCUT2D eigenvalue weighted by atomic mass is 32.1. The Balaban J connectivity index is 2.49. The molecule has 0 bridgehead atoms. The lowest BCUT2D eigenvalue weighted by Gasteiger charge is -2.19. The van der Waals surface area contributed by atoms with Gasteiger partial charge in [-0.05, 0) is 18.6 Å². The standard InChI is InChI=1S/C15H19N3S/c1-3-4-9-18(2)14-10-12(15(16)19)11-7-5-6-8-13(11)17-14/h5-8,10H,3-4,9H2,1-2H3,(H2,16,19). The Morgan fingerprint density at radius 3 is 2.79 bits per heavy atom. The van der Waals surface area contributed by atoms with Gasteiger partial charge in [0, 0.05) is 24.5 Å². The van der Waals surface area contributed by atoms with E-state index in [1.165, 1.54) is 6.42 Å². The summed E-state index contributed by atoms with van der Waals surface area (Å²) in [6.07, 6.45) is 2.31. The monoisotopic (exact) mass is 273 g/mol. The van der Waals surface area contributed by atoms with Gasteiger partial charge in [-0.25, -0.2) is 4.98 Å². The van der Waals surface area contributed by atoms with Crippen molar-refractivity contribution in [2.75, 3.05) is 18.5 Å². The normalized spacial score (nSPS) is 10.6. The smallest absolute Gasteiger partial charge is 0.129 e. The molecule has 0 radical (unpaired) electrons. The van der Waals surface area contributed by atoms with Gasteiger partial charge in [0.25, 0.3) is 0 Å². The predicted octanol–water partition coefficient (Wildman–Crippen LogP) is 3.11. The van der Waals surface area contributed by atoms with Gasteiger partial charge < -0.3 is 10.6 Å². The van der Waals surface area contributed by atoms with E-state index in [4.69, 9.17) is 18.0 Å². The third kappa shape index (κ3) is 3.01. The molecule has 1 aromatic heterocycles. The molecule has 0 saturated carbocycles. The quantitative estimate of drug-likeness (QED) is 0.850. The van der Waals surface area contributed by atoms with Crippen LogP contribution < -0.4 is 10.6 Å². The lowest BCUT2D eigenvalue weighted by atomic mass is 10.1. The van der Waals surface area contributed by atoms with Crippen LogP contribution in [0.15, 0.2) is 30.3 Å². The predicted molar refractivity (Wildman–Crippen MR) is 85.8 cm³/mol. The number of para-hydroxylation sites is 1. The number of rotatable bonds is 5. The molecule has 3 nitrogen and oxygen atoms in total. The van der Waals surface area contributed by atoms with Gasteiger partial charge in [-0.2, -0.15) is 0 Å². The van der Waals surface area contributed by atoms with Gasteiger partial charge in [0.05, 0.1) is 5.52 Å². The second kappa shape index (κ2) is 5.97. The van der Waals surface area contributed by atoms with Gasteiger partial charge in [-0.3, -0.25) is 0 Å². The first-order chi connectivity index (χ1) is 9.13. The van der Waals surface area contributed by atoms with E-state index in [2.05, 4.69) is 23.9 Å². The molecule has 2 rings (SSSR count). The molecule has 0 spiro atoms. The molecule has 19 heavy (non-hydrogen) atoms. The maximum atomic E-state index is 5.83. The van der Waals surface area contributed by atoms with Crippen molar-refractivity contribution >= 4 is 33.9 Å². The first kappa shape index (κ1) is 13.7. The minimum absolute atomic E-state index is 0.420. The first-order valence-corrected chi connectivity index (χ1v) is 6.95. The van der Waals surface area contributed by atoms with Gasteiger partial charge >= 0.3 is 0 Å². The van der Waals surface area contributed by atoms with Crippen molar-refractivity contribution < 1.29 is 0 Å². The molecule has 0 saturated heterocycles. The van der Waals surface area contributed by atoms with Gasteiger partial charge in [-0.1, -0.05) is 43.8 Å². The first-order valence-electron chi connectivity index (χ1n) is 6.54. The van der Waals surface area contributed by atoms with Crippen LogP contribution in [-0.4, -0.2) is 23.6 Å². The van der Waals surface area contributed by atoms with E-state index in [9.17, 15) is 0 Å². The number of hydrogen-bond donors (Lipinski definition) is 1. The van der Waals surface area contributed by atoms with Crippen molar-refractivity contribution in [1.29, 1.82) is 0 Å². The second-order valence-electron chi connectivity index (χ2n) is 4.68. The van der Waals surface area contributed by atoms with Crippen LogP contribution >= 0.6 is 12.2 Å². The molecule has 2 N–H and O–H groups in total. The van der Waals surface area contributed by atoms with E-state index in [-0.39, 0.29) is 0 Å². The van der Waals surface area contributed by atoms with Crippen molar-refractivity contribution in [2.45, 2.75) is 19.8 Å². The Bertz CT molecular complexity index is 595. The molecule has 1 aromatic carbocycles. The van der Waals surface area contributed by atoms with Crippen LogP contribution in [-0.2, 0) is 0 Å². The van der Waals surface area contributed by atoms with Gasteiger partial charge in [-0.15, -0.1) is 0 Å². The number of nitrogens with zero attached hydrogens (tertiary/aromatic N) is 2. The van der Waals surface area contributed by atoms with E-state index in [1.54, 1.807) is 0 Å². The summed E-state index contributed by atoms with van der Waals surface area (Å²) in [7, 11) is 2.05. The Morgan fingerprint density at radius 1 is 1.37 bits per heavy atom. The zero-order valence-corrected chi connectivity index (χ0v) is 12.2. The molecule has 0 aliphatic heterocycles. The second-order valence-corrected chi connectivity index (χ2v) is 5.12. The van der Waals surface area contributed by atoms with Crippen molar-refractivity contribution in [3.05, 3.63) is 35.9 Å². The number of nitrogens with two attached hydrogens (primary N) is 1. The van der Waals surface area contributed by atoms with E-state index in [1.807, 2.05) is 30.3 Å². The summed E-state index contributed by atoms with van der Waals surface area (Å²) in [6, 6.07) is 9.95. The summed E-state index contributed by atoms with van der Waals surface area (Å²) in [6.45, 7) is 3.17.